The van der Waals surface area contributed by atoms with E-state index < -0.39 is 5.97 Å². The van der Waals surface area contributed by atoms with E-state index in [-0.39, 0.29) is 22.5 Å². The quantitative estimate of drug-likeness (QED) is 0.566. The molecule has 3 rings (SSSR count). The number of benzene rings is 2. The predicted molar refractivity (Wildman–Crippen MR) is 94.5 cm³/mol. The number of thioether (sulfide) groups is 1. The molecule has 0 atom stereocenters. The van der Waals surface area contributed by atoms with Gasteiger partial charge in [0.2, 0.25) is 5.43 Å². The number of aromatic carboxylic acids is 1. The zero-order chi connectivity index (χ0) is 17.4. The number of hydrogen-bond donors (Lipinski definition) is 1. The molecule has 6 heteroatoms. The first-order chi connectivity index (χ1) is 11.4. The molecule has 5 nitrogen and oxygen atoms in total. The molecule has 0 aliphatic rings. The largest absolute Gasteiger partial charge is 0.491 e. The molecule has 0 saturated carbocycles. The zero-order valence-corrected chi connectivity index (χ0v) is 14.3. The van der Waals surface area contributed by atoms with Gasteiger partial charge in [0.25, 0.3) is 0 Å². The number of ether oxygens (including phenoxy) is 1. The van der Waals surface area contributed by atoms with Crippen LogP contribution in [-0.4, -0.2) is 23.4 Å². The Morgan fingerprint density at radius 3 is 2.58 bits per heavy atom. The molecule has 2 aromatic carbocycles. The van der Waals surface area contributed by atoms with Gasteiger partial charge < -0.3 is 14.3 Å². The Hall–Kier alpha value is -2.47. The van der Waals surface area contributed by atoms with Crippen molar-refractivity contribution in [3.63, 3.8) is 0 Å². The van der Waals surface area contributed by atoms with Crippen molar-refractivity contribution in [1.29, 1.82) is 0 Å². The summed E-state index contributed by atoms with van der Waals surface area (Å²) in [5, 5.41) is 9.75. The molecule has 0 unspecified atom stereocenters. The second kappa shape index (κ2) is 6.20. The number of hydrogen-bond acceptors (Lipinski definition) is 5. The lowest BCUT2D eigenvalue weighted by Gasteiger charge is -2.12. The van der Waals surface area contributed by atoms with Crippen LogP contribution in [0.5, 0.6) is 5.75 Å². The third-order valence-electron chi connectivity index (χ3n) is 3.55. The van der Waals surface area contributed by atoms with E-state index in [2.05, 4.69) is 0 Å². The molecular formula is C18H16O5S. The van der Waals surface area contributed by atoms with E-state index in [9.17, 15) is 9.59 Å². The Morgan fingerprint density at radius 1 is 1.21 bits per heavy atom. The van der Waals surface area contributed by atoms with Crippen molar-refractivity contribution in [2.24, 2.45) is 0 Å². The summed E-state index contributed by atoms with van der Waals surface area (Å²) in [6.07, 6.45) is 1.87. The first kappa shape index (κ1) is 16.4. The number of carbonyl (C=O) groups is 1. The van der Waals surface area contributed by atoms with Crippen molar-refractivity contribution in [2.45, 2.75) is 24.8 Å². The number of fused-ring (bicyclic) bond motifs is 2. The Morgan fingerprint density at radius 2 is 1.96 bits per heavy atom. The van der Waals surface area contributed by atoms with Gasteiger partial charge in [0.1, 0.15) is 11.3 Å². The van der Waals surface area contributed by atoms with Gasteiger partial charge in [0.05, 0.1) is 27.3 Å². The van der Waals surface area contributed by atoms with Crippen LogP contribution >= 0.6 is 11.8 Å². The summed E-state index contributed by atoms with van der Waals surface area (Å²) in [5.41, 5.74) is 0.636. The molecule has 0 saturated heterocycles. The second-order valence-corrected chi connectivity index (χ2v) is 6.46. The molecule has 1 aromatic heterocycles. The van der Waals surface area contributed by atoms with Gasteiger partial charge in [-0.2, -0.15) is 0 Å². The third kappa shape index (κ3) is 2.85. The summed E-state index contributed by atoms with van der Waals surface area (Å²) in [7, 11) is 0. The molecule has 0 amide bonds. The lowest BCUT2D eigenvalue weighted by atomic mass is 10.1. The highest BCUT2D eigenvalue weighted by Gasteiger charge is 2.15. The lowest BCUT2D eigenvalue weighted by Crippen LogP contribution is -2.08. The molecular weight excluding hydrogens is 328 g/mol. The molecule has 3 aromatic rings. The van der Waals surface area contributed by atoms with Crippen LogP contribution in [0.1, 0.15) is 24.2 Å². The van der Waals surface area contributed by atoms with Gasteiger partial charge >= 0.3 is 5.97 Å². The van der Waals surface area contributed by atoms with Crippen LogP contribution in [-0.2, 0) is 0 Å². The molecule has 0 bridgehead atoms. The highest BCUT2D eigenvalue weighted by Crippen LogP contribution is 2.32. The Bertz CT molecular complexity index is 1000. The van der Waals surface area contributed by atoms with Crippen molar-refractivity contribution in [2.75, 3.05) is 6.26 Å². The van der Waals surface area contributed by atoms with E-state index in [1.165, 1.54) is 30.0 Å². The van der Waals surface area contributed by atoms with E-state index in [1.54, 1.807) is 6.07 Å². The van der Waals surface area contributed by atoms with Crippen LogP contribution in [0.4, 0.5) is 0 Å². The monoisotopic (exact) mass is 344 g/mol. The van der Waals surface area contributed by atoms with Gasteiger partial charge in [0, 0.05) is 0 Å². The summed E-state index contributed by atoms with van der Waals surface area (Å²) in [6, 6.07) is 7.77. The summed E-state index contributed by atoms with van der Waals surface area (Å²) in [6.45, 7) is 3.82. The summed E-state index contributed by atoms with van der Waals surface area (Å²) in [4.78, 5) is 24.8. The fraction of sp³-hybridized carbons (Fsp3) is 0.222. The van der Waals surface area contributed by atoms with E-state index in [0.29, 0.717) is 22.3 Å². The van der Waals surface area contributed by atoms with Crippen molar-refractivity contribution in [3.8, 4) is 5.75 Å². The predicted octanol–water partition coefficient (Wildman–Crippen LogP) is 4.15. The highest BCUT2D eigenvalue weighted by atomic mass is 32.2. The van der Waals surface area contributed by atoms with Gasteiger partial charge in [0.15, 0.2) is 5.58 Å². The minimum atomic E-state index is -1.09. The van der Waals surface area contributed by atoms with Gasteiger partial charge in [-0.25, -0.2) is 4.79 Å². The van der Waals surface area contributed by atoms with Crippen LogP contribution in [0.25, 0.3) is 21.9 Å². The molecule has 0 radical (unpaired) electrons. The van der Waals surface area contributed by atoms with Crippen LogP contribution in [0.3, 0.4) is 0 Å². The van der Waals surface area contributed by atoms with E-state index >= 15 is 0 Å². The average Bonchev–Trinajstić information content (AvgIpc) is 2.54. The Labute approximate surface area is 142 Å². The maximum absolute atomic E-state index is 12.9. The van der Waals surface area contributed by atoms with Gasteiger partial charge in [-0.15, -0.1) is 11.8 Å². The van der Waals surface area contributed by atoms with E-state index in [1.807, 2.05) is 26.2 Å². The summed E-state index contributed by atoms with van der Waals surface area (Å²) < 4.78 is 11.6. The Balaban J connectivity index is 2.37. The maximum Gasteiger partial charge on any atom is 0.335 e. The minimum Gasteiger partial charge on any atom is -0.491 e. The molecule has 24 heavy (non-hydrogen) atoms. The van der Waals surface area contributed by atoms with Crippen LogP contribution in [0, 0.1) is 0 Å². The van der Waals surface area contributed by atoms with Crippen LogP contribution in [0.15, 0.2) is 44.4 Å². The first-order valence-corrected chi connectivity index (χ1v) is 8.61. The topological polar surface area (TPSA) is 76.7 Å². The van der Waals surface area contributed by atoms with Crippen LogP contribution in [0.2, 0.25) is 0 Å². The fourth-order valence-corrected chi connectivity index (χ4v) is 3.10. The Kier molecular flexibility index (Phi) is 4.24. The lowest BCUT2D eigenvalue weighted by molar-refractivity contribution is 0.0697. The zero-order valence-electron chi connectivity index (χ0n) is 13.5. The summed E-state index contributed by atoms with van der Waals surface area (Å²) in [5.74, 6) is -0.499. The van der Waals surface area contributed by atoms with Crippen molar-refractivity contribution in [1.82, 2.24) is 0 Å². The van der Waals surface area contributed by atoms with E-state index in [0.717, 1.165) is 4.90 Å². The minimum absolute atomic E-state index is 0.0248. The van der Waals surface area contributed by atoms with Crippen molar-refractivity contribution in [3.05, 3.63) is 46.1 Å². The average molecular weight is 344 g/mol. The van der Waals surface area contributed by atoms with Gasteiger partial charge in [-0.05, 0) is 50.4 Å². The SMILES string of the molecule is CSc1cc(OC(C)C)cc2c(=O)c3cc(C(=O)O)ccc3oc12. The number of carboxylic acid groups (broad SMARTS) is 1. The first-order valence-electron chi connectivity index (χ1n) is 7.39. The molecule has 1 heterocycles. The fourth-order valence-electron chi connectivity index (χ4n) is 2.53. The number of rotatable bonds is 4. The van der Waals surface area contributed by atoms with Crippen molar-refractivity contribution >= 4 is 39.7 Å². The molecule has 0 spiro atoms. The normalized spacial score (nSPS) is 11.3. The molecule has 124 valence electrons. The smallest absolute Gasteiger partial charge is 0.335 e. The van der Waals surface area contributed by atoms with Gasteiger partial charge in [-0.3, -0.25) is 4.79 Å². The highest BCUT2D eigenvalue weighted by molar-refractivity contribution is 7.98. The summed E-state index contributed by atoms with van der Waals surface area (Å²) >= 11 is 1.46. The van der Waals surface area contributed by atoms with Crippen molar-refractivity contribution < 1.29 is 19.1 Å². The third-order valence-corrected chi connectivity index (χ3v) is 4.29. The standard InChI is InChI=1S/C18H16O5S/c1-9(2)22-11-7-13-16(19)12-6-10(18(20)21)4-5-14(12)23-17(13)15(8-11)24-3/h4-9H,1-3H3,(H,20,21). The van der Waals surface area contributed by atoms with E-state index in [4.69, 9.17) is 14.3 Å². The molecule has 0 fully saturated rings. The maximum atomic E-state index is 12.9. The number of carboxylic acids is 1. The second-order valence-electron chi connectivity index (χ2n) is 5.62. The molecule has 0 aliphatic carbocycles. The molecule has 0 aliphatic heterocycles. The van der Waals surface area contributed by atoms with Crippen LogP contribution < -0.4 is 10.2 Å². The van der Waals surface area contributed by atoms with Gasteiger partial charge in [-0.1, -0.05) is 0 Å². The molecule has 1 N–H and O–H groups in total.